The predicted molar refractivity (Wildman–Crippen MR) is 63.5 cm³/mol. The van der Waals surface area contributed by atoms with Crippen molar-refractivity contribution in [2.24, 2.45) is 0 Å². The van der Waals surface area contributed by atoms with Gasteiger partial charge in [-0.25, -0.2) is 4.98 Å². The minimum absolute atomic E-state index is 0.915. The van der Waals surface area contributed by atoms with Gasteiger partial charge in [-0.3, -0.25) is 0 Å². The first-order chi connectivity index (χ1) is 7.40. The molecule has 4 nitrogen and oxygen atoms in total. The van der Waals surface area contributed by atoms with Crippen molar-refractivity contribution in [2.75, 3.05) is 42.9 Å². The number of aromatic nitrogens is 1. The van der Waals surface area contributed by atoms with E-state index in [1.807, 2.05) is 6.07 Å². The van der Waals surface area contributed by atoms with Crippen LogP contribution in [-0.2, 0) is 0 Å². The molecule has 0 bridgehead atoms. The first-order valence-corrected chi connectivity index (χ1v) is 5.57. The van der Waals surface area contributed by atoms with Crippen molar-refractivity contribution in [3.63, 3.8) is 0 Å². The van der Waals surface area contributed by atoms with Crippen LogP contribution in [0.25, 0.3) is 0 Å². The van der Waals surface area contributed by atoms with E-state index in [-0.39, 0.29) is 0 Å². The highest BCUT2D eigenvalue weighted by Gasteiger charge is 2.11. The molecule has 4 heteroatoms. The Morgan fingerprint density at radius 1 is 1.40 bits per heavy atom. The van der Waals surface area contributed by atoms with Crippen LogP contribution in [0, 0.1) is 0 Å². The Bertz CT molecular complexity index is 307. The Labute approximate surface area is 90.7 Å². The number of pyridine rings is 1. The lowest BCUT2D eigenvalue weighted by atomic mass is 10.3. The van der Waals surface area contributed by atoms with E-state index in [0.717, 1.165) is 44.4 Å². The Morgan fingerprint density at radius 3 is 2.93 bits per heavy atom. The molecule has 2 rings (SSSR count). The second kappa shape index (κ2) is 4.98. The van der Waals surface area contributed by atoms with Crippen molar-refractivity contribution in [1.82, 2.24) is 10.3 Å². The molecule has 1 aliphatic rings. The van der Waals surface area contributed by atoms with E-state index in [4.69, 9.17) is 0 Å². The highest BCUT2D eigenvalue weighted by molar-refractivity contribution is 5.47. The molecule has 0 aliphatic carbocycles. The fourth-order valence-electron chi connectivity index (χ4n) is 1.77. The van der Waals surface area contributed by atoms with E-state index >= 15 is 0 Å². The number of nitrogens with one attached hydrogen (secondary N) is 2. The molecule has 1 saturated heterocycles. The summed E-state index contributed by atoms with van der Waals surface area (Å²) in [4.78, 5) is 6.89. The van der Waals surface area contributed by atoms with Gasteiger partial charge in [0.1, 0.15) is 11.6 Å². The average Bonchev–Trinajstić information content (AvgIpc) is 2.31. The van der Waals surface area contributed by atoms with Crippen molar-refractivity contribution in [1.29, 1.82) is 0 Å². The van der Waals surface area contributed by atoms with E-state index in [9.17, 15) is 0 Å². The summed E-state index contributed by atoms with van der Waals surface area (Å²) in [5.41, 5.74) is 0. The van der Waals surface area contributed by atoms with Crippen LogP contribution in [0.1, 0.15) is 6.92 Å². The third-order valence-corrected chi connectivity index (χ3v) is 2.53. The molecule has 0 spiro atoms. The van der Waals surface area contributed by atoms with E-state index < -0.39 is 0 Å². The van der Waals surface area contributed by atoms with Gasteiger partial charge in [-0.1, -0.05) is 6.07 Å². The van der Waals surface area contributed by atoms with E-state index in [2.05, 4.69) is 39.6 Å². The molecular formula is C11H18N4. The van der Waals surface area contributed by atoms with Gasteiger partial charge >= 0.3 is 0 Å². The first-order valence-electron chi connectivity index (χ1n) is 5.57. The maximum atomic E-state index is 4.57. The number of rotatable bonds is 3. The Kier molecular flexibility index (Phi) is 3.40. The zero-order chi connectivity index (χ0) is 10.5. The van der Waals surface area contributed by atoms with Gasteiger partial charge in [-0.2, -0.15) is 0 Å². The van der Waals surface area contributed by atoms with Gasteiger partial charge < -0.3 is 15.5 Å². The van der Waals surface area contributed by atoms with Gasteiger partial charge in [0, 0.05) is 32.7 Å². The van der Waals surface area contributed by atoms with E-state index in [1.54, 1.807) is 0 Å². The lowest BCUT2D eigenvalue weighted by molar-refractivity contribution is 0.585. The second-order valence-electron chi connectivity index (χ2n) is 3.65. The zero-order valence-corrected chi connectivity index (χ0v) is 9.16. The molecule has 2 heterocycles. The van der Waals surface area contributed by atoms with Crippen molar-refractivity contribution in [3.8, 4) is 0 Å². The summed E-state index contributed by atoms with van der Waals surface area (Å²) in [5, 5.41) is 6.57. The number of piperazine rings is 1. The van der Waals surface area contributed by atoms with Gasteiger partial charge in [0.15, 0.2) is 0 Å². The highest BCUT2D eigenvalue weighted by Crippen LogP contribution is 2.14. The molecule has 1 aromatic heterocycles. The Hall–Kier alpha value is -1.29. The van der Waals surface area contributed by atoms with E-state index in [1.165, 1.54) is 0 Å². The van der Waals surface area contributed by atoms with Crippen LogP contribution in [0.2, 0.25) is 0 Å². The van der Waals surface area contributed by atoms with Crippen LogP contribution < -0.4 is 15.5 Å². The summed E-state index contributed by atoms with van der Waals surface area (Å²) >= 11 is 0. The zero-order valence-electron chi connectivity index (χ0n) is 9.16. The fourth-order valence-corrected chi connectivity index (χ4v) is 1.77. The van der Waals surface area contributed by atoms with Gasteiger partial charge in [0.2, 0.25) is 0 Å². The summed E-state index contributed by atoms with van der Waals surface area (Å²) in [6.45, 7) is 7.18. The monoisotopic (exact) mass is 206 g/mol. The summed E-state index contributed by atoms with van der Waals surface area (Å²) in [6.07, 6.45) is 0. The van der Waals surface area contributed by atoms with Crippen molar-refractivity contribution >= 4 is 11.6 Å². The highest BCUT2D eigenvalue weighted by atomic mass is 15.2. The SMILES string of the molecule is CCNc1cccc(N2CCNCC2)n1. The Morgan fingerprint density at radius 2 is 2.20 bits per heavy atom. The molecule has 82 valence electrons. The maximum Gasteiger partial charge on any atom is 0.131 e. The largest absolute Gasteiger partial charge is 0.370 e. The molecule has 0 aromatic carbocycles. The molecule has 0 unspecified atom stereocenters. The van der Waals surface area contributed by atoms with Crippen LogP contribution in [0.3, 0.4) is 0 Å². The second-order valence-corrected chi connectivity index (χ2v) is 3.65. The lowest BCUT2D eigenvalue weighted by Crippen LogP contribution is -2.43. The summed E-state index contributed by atoms with van der Waals surface area (Å²) < 4.78 is 0. The van der Waals surface area contributed by atoms with Crippen LogP contribution in [0.4, 0.5) is 11.6 Å². The van der Waals surface area contributed by atoms with Gasteiger partial charge in [0.25, 0.3) is 0 Å². The van der Waals surface area contributed by atoms with Crippen LogP contribution in [0.5, 0.6) is 0 Å². The fraction of sp³-hybridized carbons (Fsp3) is 0.545. The van der Waals surface area contributed by atoms with Crippen molar-refractivity contribution < 1.29 is 0 Å². The number of nitrogens with zero attached hydrogens (tertiary/aromatic N) is 2. The van der Waals surface area contributed by atoms with Gasteiger partial charge in [-0.05, 0) is 19.1 Å². The molecular weight excluding hydrogens is 188 g/mol. The van der Waals surface area contributed by atoms with Crippen LogP contribution >= 0.6 is 0 Å². The standard InChI is InChI=1S/C11H18N4/c1-2-13-10-4-3-5-11(14-10)15-8-6-12-7-9-15/h3-5,12H,2,6-9H2,1H3,(H,13,14). The molecule has 0 atom stereocenters. The maximum absolute atomic E-state index is 4.57. The lowest BCUT2D eigenvalue weighted by Gasteiger charge is -2.28. The van der Waals surface area contributed by atoms with Crippen LogP contribution in [-0.4, -0.2) is 37.7 Å². The third-order valence-electron chi connectivity index (χ3n) is 2.53. The quantitative estimate of drug-likeness (QED) is 0.771. The number of hydrogen-bond acceptors (Lipinski definition) is 4. The average molecular weight is 206 g/mol. The molecule has 1 aromatic rings. The number of anilines is 2. The number of hydrogen-bond donors (Lipinski definition) is 2. The molecule has 2 N–H and O–H groups in total. The minimum Gasteiger partial charge on any atom is -0.370 e. The van der Waals surface area contributed by atoms with E-state index in [0.29, 0.717) is 0 Å². The van der Waals surface area contributed by atoms with Crippen molar-refractivity contribution in [3.05, 3.63) is 18.2 Å². The van der Waals surface area contributed by atoms with Crippen molar-refractivity contribution in [2.45, 2.75) is 6.92 Å². The molecule has 1 aliphatic heterocycles. The normalized spacial score (nSPS) is 16.5. The molecule has 0 amide bonds. The molecule has 0 radical (unpaired) electrons. The van der Waals surface area contributed by atoms with Gasteiger partial charge in [0.05, 0.1) is 0 Å². The first kappa shape index (κ1) is 10.2. The smallest absolute Gasteiger partial charge is 0.131 e. The predicted octanol–water partition coefficient (Wildman–Crippen LogP) is 0.923. The topological polar surface area (TPSA) is 40.2 Å². The summed E-state index contributed by atoms with van der Waals surface area (Å²) in [5.74, 6) is 2.04. The summed E-state index contributed by atoms with van der Waals surface area (Å²) in [6, 6.07) is 6.14. The third kappa shape index (κ3) is 2.59. The minimum atomic E-state index is 0.915. The molecule has 0 saturated carbocycles. The Balaban J connectivity index is 2.09. The van der Waals surface area contributed by atoms with Crippen LogP contribution in [0.15, 0.2) is 18.2 Å². The molecule has 15 heavy (non-hydrogen) atoms. The van der Waals surface area contributed by atoms with Gasteiger partial charge in [-0.15, -0.1) is 0 Å². The summed E-state index contributed by atoms with van der Waals surface area (Å²) in [7, 11) is 0. The molecule has 1 fully saturated rings.